The van der Waals surface area contributed by atoms with Crippen LogP contribution in [0.2, 0.25) is 5.02 Å². The van der Waals surface area contributed by atoms with E-state index in [-0.39, 0.29) is 22.4 Å². The second kappa shape index (κ2) is 7.96. The van der Waals surface area contributed by atoms with E-state index in [2.05, 4.69) is 10.6 Å². The molecule has 0 aliphatic heterocycles. The monoisotopic (exact) mass is 354 g/mol. The molecule has 1 aliphatic carbocycles. The average Bonchev–Trinajstić information content (AvgIpc) is 2.74. The summed E-state index contributed by atoms with van der Waals surface area (Å²) in [7, 11) is 0. The quantitative estimate of drug-likeness (QED) is 0.436. The second-order valence-electron chi connectivity index (χ2n) is 5.77. The van der Waals surface area contributed by atoms with Gasteiger partial charge in [0.25, 0.3) is 5.69 Å². The summed E-state index contributed by atoms with van der Waals surface area (Å²) in [6.07, 6.45) is 4.14. The Bertz CT molecular complexity index is 652. The van der Waals surface area contributed by atoms with Crippen LogP contribution in [0.1, 0.15) is 32.1 Å². The molecule has 1 saturated carbocycles. The molecule has 9 heteroatoms. The number of non-ortho nitro benzene ring substituents is 1. The van der Waals surface area contributed by atoms with Crippen molar-refractivity contribution in [2.24, 2.45) is 11.7 Å². The average molecular weight is 355 g/mol. The maximum absolute atomic E-state index is 12.2. The zero-order valence-corrected chi connectivity index (χ0v) is 13.7. The number of hydrogen-bond acceptors (Lipinski definition) is 4. The van der Waals surface area contributed by atoms with E-state index in [9.17, 15) is 19.7 Å². The number of primary amides is 1. The maximum Gasteiger partial charge on any atom is 0.319 e. The van der Waals surface area contributed by atoms with Gasteiger partial charge in [-0.15, -0.1) is 0 Å². The molecule has 24 heavy (non-hydrogen) atoms. The minimum absolute atomic E-state index is 0.0617. The van der Waals surface area contributed by atoms with Crippen LogP contribution in [0.25, 0.3) is 0 Å². The summed E-state index contributed by atoms with van der Waals surface area (Å²) in [5, 5.41) is 16.1. The van der Waals surface area contributed by atoms with Crippen molar-refractivity contribution in [1.82, 2.24) is 5.32 Å². The van der Waals surface area contributed by atoms with Crippen molar-refractivity contribution >= 4 is 34.9 Å². The van der Waals surface area contributed by atoms with Crippen molar-refractivity contribution in [2.45, 2.75) is 38.1 Å². The van der Waals surface area contributed by atoms with E-state index >= 15 is 0 Å². The molecule has 1 aromatic carbocycles. The number of urea groups is 1. The third-order valence-corrected chi connectivity index (χ3v) is 4.42. The molecule has 2 atom stereocenters. The number of rotatable bonds is 4. The molecule has 1 aliphatic rings. The largest absolute Gasteiger partial charge is 0.369 e. The Hall–Kier alpha value is -2.35. The van der Waals surface area contributed by atoms with Gasteiger partial charge in [-0.25, -0.2) is 4.79 Å². The van der Waals surface area contributed by atoms with Gasteiger partial charge >= 0.3 is 6.03 Å². The van der Waals surface area contributed by atoms with Crippen LogP contribution >= 0.6 is 11.6 Å². The minimum Gasteiger partial charge on any atom is -0.369 e. The summed E-state index contributed by atoms with van der Waals surface area (Å²) in [5.41, 5.74) is 5.52. The number of amides is 3. The van der Waals surface area contributed by atoms with E-state index in [0.717, 1.165) is 25.3 Å². The van der Waals surface area contributed by atoms with Gasteiger partial charge in [0.2, 0.25) is 5.91 Å². The summed E-state index contributed by atoms with van der Waals surface area (Å²) in [6, 6.07) is 2.92. The molecule has 4 N–H and O–H groups in total. The smallest absolute Gasteiger partial charge is 0.319 e. The van der Waals surface area contributed by atoms with Gasteiger partial charge in [-0.3, -0.25) is 14.9 Å². The highest BCUT2D eigenvalue weighted by Crippen LogP contribution is 2.27. The first kappa shape index (κ1) is 18.0. The van der Waals surface area contributed by atoms with Crippen LogP contribution in [0.15, 0.2) is 18.2 Å². The lowest BCUT2D eigenvalue weighted by molar-refractivity contribution is -0.384. The number of nitrogens with two attached hydrogens (primary N) is 1. The molecule has 0 spiro atoms. The van der Waals surface area contributed by atoms with E-state index in [0.29, 0.717) is 12.8 Å². The molecule has 3 amide bonds. The van der Waals surface area contributed by atoms with Crippen LogP contribution in [-0.4, -0.2) is 22.9 Å². The number of halogens is 1. The Morgan fingerprint density at radius 1 is 1.25 bits per heavy atom. The zero-order chi connectivity index (χ0) is 17.7. The summed E-state index contributed by atoms with van der Waals surface area (Å²) in [5.74, 6) is -0.818. The molecular formula is C15H19ClN4O4. The van der Waals surface area contributed by atoms with E-state index in [1.165, 1.54) is 12.1 Å². The van der Waals surface area contributed by atoms with E-state index in [1.54, 1.807) is 0 Å². The van der Waals surface area contributed by atoms with E-state index in [4.69, 9.17) is 17.3 Å². The Kier molecular flexibility index (Phi) is 5.97. The summed E-state index contributed by atoms with van der Waals surface area (Å²) < 4.78 is 0. The van der Waals surface area contributed by atoms with Crippen LogP contribution in [-0.2, 0) is 4.79 Å². The lowest BCUT2D eigenvalue weighted by Crippen LogP contribution is -2.46. The van der Waals surface area contributed by atoms with Crippen LogP contribution in [0.3, 0.4) is 0 Å². The fourth-order valence-corrected chi connectivity index (χ4v) is 3.09. The fourth-order valence-electron chi connectivity index (χ4n) is 2.87. The number of anilines is 1. The first-order valence-electron chi connectivity index (χ1n) is 7.69. The van der Waals surface area contributed by atoms with Gasteiger partial charge in [0.05, 0.1) is 21.6 Å². The third-order valence-electron chi connectivity index (χ3n) is 4.11. The molecule has 0 heterocycles. The van der Waals surface area contributed by atoms with Crippen molar-refractivity contribution in [3.8, 4) is 0 Å². The van der Waals surface area contributed by atoms with Crippen LogP contribution in [0.4, 0.5) is 16.2 Å². The molecule has 0 aromatic heterocycles. The number of carbonyl (C=O) groups is 2. The number of nitrogens with zero attached hydrogens (tertiary/aromatic N) is 1. The predicted octanol–water partition coefficient (Wildman–Crippen LogP) is 2.80. The molecule has 0 saturated heterocycles. The normalized spacial score (nSPS) is 20.7. The van der Waals surface area contributed by atoms with Crippen molar-refractivity contribution in [1.29, 1.82) is 0 Å². The van der Waals surface area contributed by atoms with Gasteiger partial charge in [-0.2, -0.15) is 0 Å². The highest BCUT2D eigenvalue weighted by molar-refractivity contribution is 6.33. The van der Waals surface area contributed by atoms with Gasteiger partial charge in [0.15, 0.2) is 0 Å². The number of carbonyl (C=O) groups excluding carboxylic acids is 2. The topological polar surface area (TPSA) is 127 Å². The van der Waals surface area contributed by atoms with Crippen molar-refractivity contribution < 1.29 is 14.5 Å². The van der Waals surface area contributed by atoms with Gasteiger partial charge in [-0.1, -0.05) is 30.9 Å². The van der Waals surface area contributed by atoms with Gasteiger partial charge in [0, 0.05) is 18.2 Å². The number of nitro groups is 1. The molecular weight excluding hydrogens is 336 g/mol. The first-order valence-corrected chi connectivity index (χ1v) is 8.07. The van der Waals surface area contributed by atoms with E-state index in [1.807, 2.05) is 0 Å². The molecule has 1 fully saturated rings. The van der Waals surface area contributed by atoms with Crippen LogP contribution < -0.4 is 16.4 Å². The molecule has 2 rings (SSSR count). The zero-order valence-electron chi connectivity index (χ0n) is 13.0. The number of nitro benzene ring substituents is 1. The predicted molar refractivity (Wildman–Crippen MR) is 89.8 cm³/mol. The van der Waals surface area contributed by atoms with Gasteiger partial charge in [-0.05, 0) is 18.9 Å². The fraction of sp³-hybridized carbons (Fsp3) is 0.467. The maximum atomic E-state index is 12.2. The summed E-state index contributed by atoms with van der Waals surface area (Å²) in [4.78, 5) is 33.9. The Morgan fingerprint density at radius 2 is 1.96 bits per heavy atom. The Labute approximate surface area is 143 Å². The lowest BCUT2D eigenvalue weighted by Gasteiger charge is -2.23. The number of nitrogens with one attached hydrogen (secondary N) is 2. The van der Waals surface area contributed by atoms with Crippen molar-refractivity contribution in [3.63, 3.8) is 0 Å². The van der Waals surface area contributed by atoms with E-state index < -0.39 is 22.8 Å². The molecule has 8 nitrogen and oxygen atoms in total. The standard InChI is InChI=1S/C15H19ClN4O4/c16-11-8-9(20(23)24)6-7-13(11)19-15(22)18-12-5-3-1-2-4-10(12)14(17)21/h6-8,10,12H,1-5H2,(H2,17,21)(H2,18,19,22). The SMILES string of the molecule is NC(=O)C1CCCCCC1NC(=O)Nc1ccc([N+](=O)[O-])cc1Cl. The van der Waals surface area contributed by atoms with Crippen LogP contribution in [0, 0.1) is 16.0 Å². The lowest BCUT2D eigenvalue weighted by atomic mass is 9.94. The van der Waals surface area contributed by atoms with Crippen molar-refractivity contribution in [2.75, 3.05) is 5.32 Å². The Morgan fingerprint density at radius 3 is 2.58 bits per heavy atom. The molecule has 130 valence electrons. The van der Waals surface area contributed by atoms with Crippen molar-refractivity contribution in [3.05, 3.63) is 33.3 Å². The highest BCUT2D eigenvalue weighted by atomic mass is 35.5. The molecule has 0 bridgehead atoms. The highest BCUT2D eigenvalue weighted by Gasteiger charge is 2.29. The molecule has 1 aromatic rings. The molecule has 2 unspecified atom stereocenters. The summed E-state index contributed by atoms with van der Waals surface area (Å²) in [6.45, 7) is 0. The Balaban J connectivity index is 2.04. The number of benzene rings is 1. The molecule has 0 radical (unpaired) electrons. The number of hydrogen-bond donors (Lipinski definition) is 3. The third kappa shape index (κ3) is 4.58. The van der Waals surface area contributed by atoms with Crippen LogP contribution in [0.5, 0.6) is 0 Å². The minimum atomic E-state index is -0.571. The van der Waals surface area contributed by atoms with Gasteiger partial charge in [0.1, 0.15) is 0 Å². The first-order chi connectivity index (χ1) is 11.4. The van der Waals surface area contributed by atoms with Gasteiger partial charge < -0.3 is 16.4 Å². The summed E-state index contributed by atoms with van der Waals surface area (Å²) >= 11 is 5.94. The second-order valence-corrected chi connectivity index (χ2v) is 6.18.